The van der Waals surface area contributed by atoms with Crippen LogP contribution in [0.4, 0.5) is 13.2 Å². The molecule has 2 aromatic rings. The summed E-state index contributed by atoms with van der Waals surface area (Å²) in [5, 5.41) is 0.210. The molecule has 3 N–H and O–H groups in total. The second-order valence-electron chi connectivity index (χ2n) is 4.29. The van der Waals surface area contributed by atoms with Crippen molar-refractivity contribution < 1.29 is 13.2 Å². The number of rotatable bonds is 4. The molecule has 2 aromatic carbocycles. The largest absolute Gasteiger partial charge is 0.271 e. The maximum absolute atomic E-state index is 13.7. The second kappa shape index (κ2) is 6.26. The number of nitrogens with two attached hydrogens (primary N) is 1. The SMILES string of the molecule is NNC(Cc1c(F)cccc1Cl)c1cc(F)ccc1F. The maximum atomic E-state index is 13.7. The highest BCUT2D eigenvalue weighted by atomic mass is 35.5. The summed E-state index contributed by atoms with van der Waals surface area (Å²) in [4.78, 5) is 0. The minimum absolute atomic E-state index is 0.00236. The van der Waals surface area contributed by atoms with Crippen LogP contribution < -0.4 is 11.3 Å². The lowest BCUT2D eigenvalue weighted by molar-refractivity contribution is 0.492. The van der Waals surface area contributed by atoms with E-state index in [9.17, 15) is 13.2 Å². The summed E-state index contributed by atoms with van der Waals surface area (Å²) in [6, 6.07) is 6.47. The van der Waals surface area contributed by atoms with Gasteiger partial charge in [-0.15, -0.1) is 0 Å². The van der Waals surface area contributed by atoms with Crippen molar-refractivity contribution in [2.75, 3.05) is 0 Å². The van der Waals surface area contributed by atoms with Gasteiger partial charge in [0.1, 0.15) is 17.5 Å². The number of nitrogens with one attached hydrogen (secondary N) is 1. The molecule has 1 atom stereocenters. The smallest absolute Gasteiger partial charge is 0.128 e. The molecule has 0 bridgehead atoms. The van der Waals surface area contributed by atoms with Crippen LogP contribution in [0, 0.1) is 17.5 Å². The van der Waals surface area contributed by atoms with Crippen molar-refractivity contribution in [2.45, 2.75) is 12.5 Å². The third-order valence-corrected chi connectivity index (χ3v) is 3.36. The molecular weight excluding hydrogens is 289 g/mol. The molecule has 0 aliphatic heterocycles. The van der Waals surface area contributed by atoms with Crippen LogP contribution in [0.3, 0.4) is 0 Å². The van der Waals surface area contributed by atoms with Crippen LogP contribution in [0.2, 0.25) is 5.02 Å². The molecule has 0 spiro atoms. The first kappa shape index (κ1) is 14.8. The number of hydrazine groups is 1. The molecule has 0 saturated carbocycles. The molecule has 0 amide bonds. The number of benzene rings is 2. The van der Waals surface area contributed by atoms with Crippen molar-refractivity contribution in [3.8, 4) is 0 Å². The van der Waals surface area contributed by atoms with Gasteiger partial charge in [-0.3, -0.25) is 11.3 Å². The summed E-state index contributed by atoms with van der Waals surface area (Å²) in [7, 11) is 0. The Bertz CT molecular complexity index is 599. The van der Waals surface area contributed by atoms with Gasteiger partial charge in [0.25, 0.3) is 0 Å². The Morgan fingerprint density at radius 2 is 1.85 bits per heavy atom. The number of halogens is 4. The molecule has 0 aliphatic rings. The molecule has 6 heteroatoms. The minimum Gasteiger partial charge on any atom is -0.271 e. The van der Waals surface area contributed by atoms with Crippen molar-refractivity contribution in [1.29, 1.82) is 0 Å². The van der Waals surface area contributed by atoms with E-state index in [4.69, 9.17) is 17.4 Å². The molecule has 2 nitrogen and oxygen atoms in total. The zero-order valence-corrected chi connectivity index (χ0v) is 11.1. The van der Waals surface area contributed by atoms with Gasteiger partial charge < -0.3 is 0 Å². The Morgan fingerprint density at radius 1 is 1.10 bits per heavy atom. The topological polar surface area (TPSA) is 38.0 Å². The molecule has 0 heterocycles. The predicted molar refractivity (Wildman–Crippen MR) is 71.5 cm³/mol. The molecule has 2 rings (SSSR count). The van der Waals surface area contributed by atoms with Gasteiger partial charge in [0.15, 0.2) is 0 Å². The van der Waals surface area contributed by atoms with Crippen LogP contribution in [0.1, 0.15) is 17.2 Å². The molecule has 106 valence electrons. The average molecular weight is 301 g/mol. The van der Waals surface area contributed by atoms with Crippen molar-refractivity contribution in [3.63, 3.8) is 0 Å². The van der Waals surface area contributed by atoms with E-state index in [-0.39, 0.29) is 22.6 Å². The van der Waals surface area contributed by atoms with Gasteiger partial charge in [0, 0.05) is 16.1 Å². The molecule has 1 unspecified atom stereocenters. The molecule has 0 aliphatic carbocycles. The molecular formula is C14H12ClF3N2. The molecule has 0 aromatic heterocycles. The van der Waals surface area contributed by atoms with Crippen LogP contribution >= 0.6 is 11.6 Å². The monoisotopic (exact) mass is 300 g/mol. The summed E-state index contributed by atoms with van der Waals surface area (Å²) in [6.07, 6.45) is 0.00236. The van der Waals surface area contributed by atoms with E-state index in [1.807, 2.05) is 0 Å². The Morgan fingerprint density at radius 3 is 2.50 bits per heavy atom. The Labute approximate surface area is 119 Å². The van der Waals surface area contributed by atoms with E-state index in [0.29, 0.717) is 0 Å². The Balaban J connectivity index is 2.36. The maximum Gasteiger partial charge on any atom is 0.128 e. The van der Waals surface area contributed by atoms with Gasteiger partial charge in [-0.2, -0.15) is 0 Å². The fourth-order valence-corrected chi connectivity index (χ4v) is 2.21. The fraction of sp³-hybridized carbons (Fsp3) is 0.143. The van der Waals surface area contributed by atoms with Gasteiger partial charge in [0.05, 0.1) is 6.04 Å². The zero-order chi connectivity index (χ0) is 14.7. The third-order valence-electron chi connectivity index (χ3n) is 3.00. The van der Waals surface area contributed by atoms with Crippen molar-refractivity contribution in [3.05, 3.63) is 70.0 Å². The molecule has 0 radical (unpaired) electrons. The summed E-state index contributed by atoms with van der Waals surface area (Å²) in [5.41, 5.74) is 2.57. The Hall–Kier alpha value is -1.56. The first-order chi connectivity index (χ1) is 9.52. The van der Waals surface area contributed by atoms with E-state index < -0.39 is 23.5 Å². The van der Waals surface area contributed by atoms with Crippen LogP contribution in [-0.2, 0) is 6.42 Å². The summed E-state index contributed by atoms with van der Waals surface area (Å²) < 4.78 is 40.6. The lowest BCUT2D eigenvalue weighted by Gasteiger charge is -2.18. The minimum atomic E-state index is -0.792. The van der Waals surface area contributed by atoms with Gasteiger partial charge >= 0.3 is 0 Å². The van der Waals surface area contributed by atoms with E-state index in [2.05, 4.69) is 5.43 Å². The van der Waals surface area contributed by atoms with Gasteiger partial charge in [-0.1, -0.05) is 17.7 Å². The fourth-order valence-electron chi connectivity index (χ4n) is 1.97. The average Bonchev–Trinajstić information content (AvgIpc) is 2.42. The van der Waals surface area contributed by atoms with E-state index in [1.54, 1.807) is 0 Å². The highest BCUT2D eigenvalue weighted by Gasteiger charge is 2.19. The highest BCUT2D eigenvalue weighted by Crippen LogP contribution is 2.27. The summed E-state index contributed by atoms with van der Waals surface area (Å²) >= 11 is 5.91. The number of hydrogen-bond donors (Lipinski definition) is 2. The highest BCUT2D eigenvalue weighted by molar-refractivity contribution is 6.31. The number of hydrogen-bond acceptors (Lipinski definition) is 2. The van der Waals surface area contributed by atoms with Gasteiger partial charge in [0.2, 0.25) is 0 Å². The molecule has 20 heavy (non-hydrogen) atoms. The normalized spacial score (nSPS) is 12.4. The second-order valence-corrected chi connectivity index (χ2v) is 4.70. The quantitative estimate of drug-likeness (QED) is 0.670. The van der Waals surface area contributed by atoms with Crippen LogP contribution in [-0.4, -0.2) is 0 Å². The first-order valence-corrected chi connectivity index (χ1v) is 6.24. The van der Waals surface area contributed by atoms with E-state index >= 15 is 0 Å². The van der Waals surface area contributed by atoms with Crippen LogP contribution in [0.25, 0.3) is 0 Å². The van der Waals surface area contributed by atoms with Crippen molar-refractivity contribution >= 4 is 11.6 Å². The molecule has 0 saturated heterocycles. The van der Waals surface area contributed by atoms with Crippen molar-refractivity contribution in [1.82, 2.24) is 5.43 Å². The lowest BCUT2D eigenvalue weighted by atomic mass is 9.98. The Kier molecular flexibility index (Phi) is 4.65. The predicted octanol–water partition coefficient (Wildman–Crippen LogP) is 3.50. The lowest BCUT2D eigenvalue weighted by Crippen LogP contribution is -2.30. The van der Waals surface area contributed by atoms with Gasteiger partial charge in [-0.25, -0.2) is 13.2 Å². The molecule has 0 fully saturated rings. The van der Waals surface area contributed by atoms with Crippen LogP contribution in [0.15, 0.2) is 36.4 Å². The summed E-state index contributed by atoms with van der Waals surface area (Å²) in [6.45, 7) is 0. The van der Waals surface area contributed by atoms with E-state index in [1.165, 1.54) is 18.2 Å². The first-order valence-electron chi connectivity index (χ1n) is 5.87. The van der Waals surface area contributed by atoms with E-state index in [0.717, 1.165) is 18.2 Å². The standard InChI is InChI=1S/C14H12ClF3N2/c15-11-2-1-3-12(17)9(11)7-14(20-19)10-6-8(16)4-5-13(10)18/h1-6,14,20H,7,19H2. The van der Waals surface area contributed by atoms with Gasteiger partial charge in [-0.05, 0) is 36.8 Å². The third kappa shape index (κ3) is 3.12. The zero-order valence-electron chi connectivity index (χ0n) is 10.3. The van der Waals surface area contributed by atoms with Crippen LogP contribution in [0.5, 0.6) is 0 Å². The summed E-state index contributed by atoms with van der Waals surface area (Å²) in [5.74, 6) is 3.63. The van der Waals surface area contributed by atoms with Crippen molar-refractivity contribution in [2.24, 2.45) is 5.84 Å².